The summed E-state index contributed by atoms with van der Waals surface area (Å²) in [7, 11) is -1.16. The van der Waals surface area contributed by atoms with Crippen LogP contribution < -0.4 is 15.0 Å². The van der Waals surface area contributed by atoms with Crippen molar-refractivity contribution in [1.29, 1.82) is 0 Å². The van der Waals surface area contributed by atoms with E-state index < -0.39 is 9.84 Å². The van der Waals surface area contributed by atoms with Gasteiger partial charge in [-0.05, 0) is 37.8 Å². The van der Waals surface area contributed by atoms with Crippen LogP contribution in [0.2, 0.25) is 0 Å². The Balaban J connectivity index is 1.64. The second-order valence-electron chi connectivity index (χ2n) is 6.58. The van der Waals surface area contributed by atoms with E-state index in [1.165, 1.54) is 0 Å². The lowest BCUT2D eigenvalue weighted by molar-refractivity contribution is 0.363. The summed E-state index contributed by atoms with van der Waals surface area (Å²) in [5, 5.41) is 3.59. The maximum Gasteiger partial charge on any atom is 0.151 e. The molecule has 23 heavy (non-hydrogen) atoms. The van der Waals surface area contributed by atoms with Crippen molar-refractivity contribution in [2.24, 2.45) is 0 Å². The minimum absolute atomic E-state index is 0.108. The van der Waals surface area contributed by atoms with Crippen molar-refractivity contribution in [2.45, 2.75) is 37.8 Å². The highest BCUT2D eigenvalue weighted by molar-refractivity contribution is 7.91. The van der Waals surface area contributed by atoms with E-state index in [9.17, 15) is 8.42 Å². The summed E-state index contributed by atoms with van der Waals surface area (Å²) in [6.45, 7) is 1.92. The van der Waals surface area contributed by atoms with Gasteiger partial charge in [-0.3, -0.25) is 0 Å². The largest absolute Gasteiger partial charge is 0.495 e. The van der Waals surface area contributed by atoms with Crippen LogP contribution in [-0.2, 0) is 9.84 Å². The number of anilines is 1. The summed E-state index contributed by atoms with van der Waals surface area (Å²) in [6, 6.07) is 8.53. The molecule has 5 nitrogen and oxygen atoms in total. The summed E-state index contributed by atoms with van der Waals surface area (Å²) >= 11 is 0. The van der Waals surface area contributed by atoms with Crippen molar-refractivity contribution in [1.82, 2.24) is 5.32 Å². The van der Waals surface area contributed by atoms with Gasteiger partial charge < -0.3 is 15.0 Å². The van der Waals surface area contributed by atoms with Gasteiger partial charge in [0.15, 0.2) is 9.84 Å². The number of para-hydroxylation sites is 2. The zero-order valence-corrected chi connectivity index (χ0v) is 14.5. The van der Waals surface area contributed by atoms with E-state index in [4.69, 9.17) is 4.74 Å². The molecule has 0 aliphatic carbocycles. The van der Waals surface area contributed by atoms with Gasteiger partial charge in [-0.25, -0.2) is 8.42 Å². The molecule has 3 rings (SSSR count). The Morgan fingerprint density at radius 3 is 2.74 bits per heavy atom. The smallest absolute Gasteiger partial charge is 0.151 e. The fourth-order valence-corrected chi connectivity index (χ4v) is 5.36. The predicted molar refractivity (Wildman–Crippen MR) is 93.0 cm³/mol. The lowest BCUT2D eigenvalue weighted by atomic mass is 10.0. The predicted octanol–water partition coefficient (Wildman–Crippen LogP) is 1.83. The number of hydrogen-bond donors (Lipinski definition) is 1. The number of nitrogens with zero attached hydrogens (tertiary/aromatic N) is 1. The zero-order valence-electron chi connectivity index (χ0n) is 13.7. The molecule has 0 unspecified atom stereocenters. The molecule has 2 saturated heterocycles. The average Bonchev–Trinajstić information content (AvgIpc) is 2.54. The Morgan fingerprint density at radius 2 is 1.96 bits per heavy atom. The zero-order chi connectivity index (χ0) is 16.3. The number of piperidine rings is 1. The fraction of sp³-hybridized carbons (Fsp3) is 0.647. The molecular weight excluding hydrogens is 312 g/mol. The van der Waals surface area contributed by atoms with Gasteiger partial charge in [0, 0.05) is 25.2 Å². The van der Waals surface area contributed by atoms with Crippen molar-refractivity contribution in [3.05, 3.63) is 24.3 Å². The van der Waals surface area contributed by atoms with E-state index in [2.05, 4.69) is 16.3 Å². The molecule has 2 aliphatic rings. The van der Waals surface area contributed by atoms with Crippen molar-refractivity contribution in [3.63, 3.8) is 0 Å². The lowest BCUT2D eigenvalue weighted by Crippen LogP contribution is -2.52. The highest BCUT2D eigenvalue weighted by atomic mass is 32.2. The van der Waals surface area contributed by atoms with Crippen molar-refractivity contribution < 1.29 is 13.2 Å². The van der Waals surface area contributed by atoms with Crippen LogP contribution in [0, 0.1) is 0 Å². The normalized spacial score (nSPS) is 27.6. The number of sulfone groups is 1. The molecule has 128 valence electrons. The number of ether oxygens (including phenoxy) is 1. The molecule has 2 atom stereocenters. The Kier molecular flexibility index (Phi) is 5.11. The number of rotatable bonds is 4. The molecule has 0 saturated carbocycles. The standard InChI is InChI=1S/C17H26N2O3S/c1-22-17-9-3-2-8-16(17)19-10-4-6-14(12-19)18-15-7-5-11-23(20,21)13-15/h2-3,8-9,14-15,18H,4-7,10-13H2,1H3/t14-,15-/m0/s1. The number of nitrogens with one attached hydrogen (secondary N) is 1. The maximum absolute atomic E-state index is 11.8. The van der Waals surface area contributed by atoms with E-state index in [-0.39, 0.29) is 11.8 Å². The first-order valence-electron chi connectivity index (χ1n) is 8.42. The first-order valence-corrected chi connectivity index (χ1v) is 10.2. The van der Waals surface area contributed by atoms with Crippen molar-refractivity contribution in [2.75, 3.05) is 36.6 Å². The molecule has 0 bridgehead atoms. The molecule has 0 spiro atoms. The summed E-state index contributed by atoms with van der Waals surface area (Å²) in [5.41, 5.74) is 1.12. The van der Waals surface area contributed by atoms with Gasteiger partial charge in [0.2, 0.25) is 0 Å². The highest BCUT2D eigenvalue weighted by Crippen LogP contribution is 2.30. The quantitative estimate of drug-likeness (QED) is 0.908. The fourth-order valence-electron chi connectivity index (χ4n) is 3.71. The summed E-state index contributed by atoms with van der Waals surface area (Å²) in [5.74, 6) is 1.54. The van der Waals surface area contributed by atoms with Gasteiger partial charge in [0.25, 0.3) is 0 Å². The second kappa shape index (κ2) is 7.09. The Bertz CT molecular complexity index is 632. The molecule has 2 aliphatic heterocycles. The van der Waals surface area contributed by atoms with Crippen LogP contribution in [0.3, 0.4) is 0 Å². The molecule has 2 heterocycles. The first-order chi connectivity index (χ1) is 11.1. The summed E-state index contributed by atoms with van der Waals surface area (Å²) < 4.78 is 29.1. The van der Waals surface area contributed by atoms with Crippen LogP contribution in [-0.4, -0.2) is 52.2 Å². The van der Waals surface area contributed by atoms with Crippen LogP contribution in [0.5, 0.6) is 5.75 Å². The van der Waals surface area contributed by atoms with Gasteiger partial charge in [-0.1, -0.05) is 12.1 Å². The van der Waals surface area contributed by atoms with Gasteiger partial charge in [0.1, 0.15) is 5.75 Å². The van der Waals surface area contributed by atoms with Crippen molar-refractivity contribution >= 4 is 15.5 Å². The molecule has 0 radical (unpaired) electrons. The van der Waals surface area contributed by atoms with E-state index >= 15 is 0 Å². The van der Waals surface area contributed by atoms with Gasteiger partial charge >= 0.3 is 0 Å². The first kappa shape index (κ1) is 16.6. The molecule has 0 aromatic heterocycles. The second-order valence-corrected chi connectivity index (χ2v) is 8.81. The van der Waals surface area contributed by atoms with Crippen LogP contribution in [0.15, 0.2) is 24.3 Å². The Labute approximate surface area is 138 Å². The van der Waals surface area contributed by atoms with E-state index in [0.29, 0.717) is 11.8 Å². The van der Waals surface area contributed by atoms with Crippen LogP contribution in [0.1, 0.15) is 25.7 Å². The Hall–Kier alpha value is -1.27. The summed E-state index contributed by atoms with van der Waals surface area (Å²) in [6.07, 6.45) is 3.95. The Morgan fingerprint density at radius 1 is 1.17 bits per heavy atom. The molecule has 1 N–H and O–H groups in total. The molecule has 1 aromatic carbocycles. The summed E-state index contributed by atoms with van der Waals surface area (Å²) in [4.78, 5) is 2.34. The third kappa shape index (κ3) is 4.18. The molecule has 0 amide bonds. The SMILES string of the molecule is COc1ccccc1N1CCC[C@H](N[C@H]2CCCS(=O)(=O)C2)C1. The third-order valence-corrected chi connectivity index (χ3v) is 6.60. The highest BCUT2D eigenvalue weighted by Gasteiger charge is 2.29. The number of methoxy groups -OCH3 is 1. The topological polar surface area (TPSA) is 58.6 Å². The molecule has 1 aromatic rings. The van der Waals surface area contributed by atoms with E-state index in [1.807, 2.05) is 18.2 Å². The van der Waals surface area contributed by atoms with Gasteiger partial charge in [-0.2, -0.15) is 0 Å². The third-order valence-electron chi connectivity index (χ3n) is 4.78. The van der Waals surface area contributed by atoms with Crippen LogP contribution in [0.4, 0.5) is 5.69 Å². The van der Waals surface area contributed by atoms with E-state index in [0.717, 1.165) is 50.2 Å². The monoisotopic (exact) mass is 338 g/mol. The van der Waals surface area contributed by atoms with Gasteiger partial charge in [0.05, 0.1) is 24.3 Å². The van der Waals surface area contributed by atoms with Crippen molar-refractivity contribution in [3.8, 4) is 5.75 Å². The number of benzene rings is 1. The minimum Gasteiger partial charge on any atom is -0.495 e. The van der Waals surface area contributed by atoms with Crippen LogP contribution >= 0.6 is 0 Å². The van der Waals surface area contributed by atoms with Crippen LogP contribution in [0.25, 0.3) is 0 Å². The maximum atomic E-state index is 11.8. The average molecular weight is 338 g/mol. The van der Waals surface area contributed by atoms with E-state index in [1.54, 1.807) is 7.11 Å². The molecule has 2 fully saturated rings. The lowest BCUT2D eigenvalue weighted by Gasteiger charge is -2.37. The molecule has 6 heteroatoms. The van der Waals surface area contributed by atoms with Gasteiger partial charge in [-0.15, -0.1) is 0 Å². The minimum atomic E-state index is -2.86. The number of hydrogen-bond acceptors (Lipinski definition) is 5. The molecular formula is C17H26N2O3S.